The third-order valence-corrected chi connectivity index (χ3v) is 4.85. The van der Waals surface area contributed by atoms with Crippen LogP contribution in [0.2, 0.25) is 5.02 Å². The molecule has 1 aromatic carbocycles. The molecule has 0 amide bonds. The van der Waals surface area contributed by atoms with Crippen molar-refractivity contribution >= 4 is 31.3 Å². The van der Waals surface area contributed by atoms with Crippen LogP contribution in [0.15, 0.2) is 32.7 Å². The number of nitrogens with zero attached hydrogens (tertiary/aromatic N) is 2. The fraction of sp³-hybridized carbons (Fsp3) is 0.167. The molecule has 1 aromatic heterocycles. The van der Waals surface area contributed by atoms with Gasteiger partial charge in [0.1, 0.15) is 10.7 Å². The summed E-state index contributed by atoms with van der Waals surface area (Å²) in [4.78, 5) is 23.5. The number of hydrogen-bond donors (Lipinski definition) is 0. The highest BCUT2D eigenvalue weighted by Gasteiger charge is 2.21. The highest BCUT2D eigenvalue weighted by atomic mass is 35.7. The Morgan fingerprint density at radius 3 is 2.32 bits per heavy atom. The summed E-state index contributed by atoms with van der Waals surface area (Å²) in [6.45, 7) is 1.53. The van der Waals surface area contributed by atoms with E-state index in [1.54, 1.807) is 0 Å². The molecule has 10 heteroatoms. The topological polar surface area (TPSA) is 78.1 Å². The van der Waals surface area contributed by atoms with Crippen LogP contribution in [0.25, 0.3) is 5.69 Å². The first kappa shape index (κ1) is 16.7. The minimum absolute atomic E-state index is 0.366. The minimum atomic E-state index is -4.28. The van der Waals surface area contributed by atoms with Crippen LogP contribution >= 0.6 is 22.3 Å². The van der Waals surface area contributed by atoms with Crippen molar-refractivity contribution in [3.63, 3.8) is 0 Å². The largest absolute Gasteiger partial charge is 0.335 e. The number of halogens is 3. The van der Waals surface area contributed by atoms with E-state index in [0.29, 0.717) is 16.3 Å². The third-order valence-electron chi connectivity index (χ3n) is 3.06. The molecular formula is C12H9Cl2FN2O4S. The average Bonchev–Trinajstić information content (AvgIpc) is 2.37. The van der Waals surface area contributed by atoms with Crippen LogP contribution < -0.4 is 11.2 Å². The Hall–Kier alpha value is -1.64. The summed E-state index contributed by atoms with van der Waals surface area (Å²) < 4.78 is 38.5. The van der Waals surface area contributed by atoms with Crippen molar-refractivity contribution in [3.8, 4) is 5.69 Å². The second kappa shape index (κ2) is 5.53. The van der Waals surface area contributed by atoms with Gasteiger partial charge in [0.15, 0.2) is 0 Å². The number of benzene rings is 1. The lowest BCUT2D eigenvalue weighted by molar-refractivity contribution is 0.598. The zero-order valence-corrected chi connectivity index (χ0v) is 13.6. The van der Waals surface area contributed by atoms with Crippen LogP contribution in [0, 0.1) is 12.7 Å². The van der Waals surface area contributed by atoms with Crippen LogP contribution in [-0.2, 0) is 16.1 Å². The van der Waals surface area contributed by atoms with E-state index in [9.17, 15) is 22.4 Å². The predicted octanol–water partition coefficient (Wildman–Crippen LogP) is 1.56. The van der Waals surface area contributed by atoms with Crippen molar-refractivity contribution in [3.05, 3.63) is 55.6 Å². The van der Waals surface area contributed by atoms with Crippen molar-refractivity contribution in [2.45, 2.75) is 11.8 Å². The molecule has 0 saturated heterocycles. The summed E-state index contributed by atoms with van der Waals surface area (Å²) in [5.74, 6) is -1.03. The summed E-state index contributed by atoms with van der Waals surface area (Å²) in [6, 6.07) is 2.54. The predicted molar refractivity (Wildman–Crippen MR) is 80.0 cm³/mol. The van der Waals surface area contributed by atoms with Crippen LogP contribution in [-0.4, -0.2) is 17.6 Å². The standard InChI is InChI=1S/C12H9Cl2FN2O4S/c1-6-3-11(18)17(12(19)16(6)2)9-5-10(22(14,20)21)7(13)4-8(9)15/h3-5H,1-2H3. The van der Waals surface area contributed by atoms with Gasteiger partial charge in [0.05, 0.1) is 10.7 Å². The van der Waals surface area contributed by atoms with Crippen molar-refractivity contribution in [2.75, 3.05) is 0 Å². The van der Waals surface area contributed by atoms with E-state index in [1.807, 2.05) is 0 Å². The van der Waals surface area contributed by atoms with E-state index in [2.05, 4.69) is 0 Å². The maximum atomic E-state index is 14.1. The van der Waals surface area contributed by atoms with Crippen molar-refractivity contribution < 1.29 is 12.8 Å². The van der Waals surface area contributed by atoms with E-state index in [1.165, 1.54) is 14.0 Å². The van der Waals surface area contributed by atoms with Crippen molar-refractivity contribution in [1.82, 2.24) is 9.13 Å². The molecule has 2 aromatic rings. The molecule has 22 heavy (non-hydrogen) atoms. The molecule has 0 saturated carbocycles. The summed E-state index contributed by atoms with van der Waals surface area (Å²) in [7, 11) is 2.32. The average molecular weight is 367 g/mol. The van der Waals surface area contributed by atoms with Crippen LogP contribution in [0.1, 0.15) is 5.69 Å². The molecule has 0 radical (unpaired) electrons. The maximum Gasteiger partial charge on any atom is 0.335 e. The summed E-state index contributed by atoms with van der Waals surface area (Å²) in [6.07, 6.45) is 0. The fourth-order valence-electron chi connectivity index (χ4n) is 1.83. The van der Waals surface area contributed by atoms with Gasteiger partial charge in [-0.1, -0.05) is 11.6 Å². The van der Waals surface area contributed by atoms with Crippen LogP contribution in [0.5, 0.6) is 0 Å². The van der Waals surface area contributed by atoms with Crippen molar-refractivity contribution in [2.24, 2.45) is 7.05 Å². The van der Waals surface area contributed by atoms with Gasteiger partial charge in [-0.25, -0.2) is 22.2 Å². The van der Waals surface area contributed by atoms with Gasteiger partial charge in [-0.2, -0.15) is 0 Å². The molecule has 0 atom stereocenters. The van der Waals surface area contributed by atoms with E-state index in [0.717, 1.165) is 16.7 Å². The lowest BCUT2D eigenvalue weighted by Gasteiger charge is -2.11. The number of aromatic nitrogens is 2. The Morgan fingerprint density at radius 1 is 1.18 bits per heavy atom. The highest BCUT2D eigenvalue weighted by molar-refractivity contribution is 8.13. The minimum Gasteiger partial charge on any atom is -0.301 e. The van der Waals surface area contributed by atoms with E-state index in [4.69, 9.17) is 22.3 Å². The second-order valence-corrected chi connectivity index (χ2v) is 7.41. The molecule has 0 N–H and O–H groups in total. The SMILES string of the molecule is Cc1cc(=O)n(-c2cc(S(=O)(=O)Cl)c(Cl)cc2F)c(=O)n1C. The van der Waals surface area contributed by atoms with Gasteiger partial charge in [-0.05, 0) is 19.1 Å². The Morgan fingerprint density at radius 2 is 1.77 bits per heavy atom. The molecule has 1 heterocycles. The molecule has 2 rings (SSSR count). The first-order valence-electron chi connectivity index (χ1n) is 5.78. The highest BCUT2D eigenvalue weighted by Crippen LogP contribution is 2.28. The molecular weight excluding hydrogens is 358 g/mol. The monoisotopic (exact) mass is 366 g/mol. The van der Waals surface area contributed by atoms with Crippen LogP contribution in [0.4, 0.5) is 4.39 Å². The smallest absolute Gasteiger partial charge is 0.301 e. The fourth-order valence-corrected chi connectivity index (χ4v) is 3.33. The van der Waals surface area contributed by atoms with E-state index < -0.39 is 41.7 Å². The molecule has 0 spiro atoms. The third kappa shape index (κ3) is 2.81. The lowest BCUT2D eigenvalue weighted by Crippen LogP contribution is -2.38. The summed E-state index contributed by atoms with van der Waals surface area (Å²) in [5, 5.41) is -0.451. The summed E-state index contributed by atoms with van der Waals surface area (Å²) >= 11 is 5.64. The Labute approximate surface area is 133 Å². The number of aryl methyl sites for hydroxylation is 1. The molecule has 0 aliphatic carbocycles. The Balaban J connectivity index is 2.95. The zero-order valence-electron chi connectivity index (χ0n) is 11.3. The number of hydrogen-bond acceptors (Lipinski definition) is 4. The van der Waals surface area contributed by atoms with Crippen LogP contribution in [0.3, 0.4) is 0 Å². The van der Waals surface area contributed by atoms with E-state index >= 15 is 0 Å². The molecule has 0 bridgehead atoms. The molecule has 0 unspecified atom stereocenters. The lowest BCUT2D eigenvalue weighted by atomic mass is 10.3. The molecule has 0 aliphatic rings. The quantitative estimate of drug-likeness (QED) is 0.755. The van der Waals surface area contributed by atoms with Gasteiger partial charge >= 0.3 is 5.69 Å². The maximum absolute atomic E-state index is 14.1. The van der Waals surface area contributed by atoms with Gasteiger partial charge in [-0.15, -0.1) is 0 Å². The van der Waals surface area contributed by atoms with E-state index in [-0.39, 0.29) is 0 Å². The molecule has 118 valence electrons. The van der Waals surface area contributed by atoms with Gasteiger partial charge < -0.3 is 4.57 Å². The molecule has 0 fully saturated rings. The second-order valence-electron chi connectivity index (χ2n) is 4.47. The summed E-state index contributed by atoms with van der Waals surface area (Å²) in [5.41, 5.74) is -1.82. The normalized spacial score (nSPS) is 11.7. The van der Waals surface area contributed by atoms with Gasteiger partial charge in [0, 0.05) is 29.5 Å². The number of rotatable bonds is 2. The van der Waals surface area contributed by atoms with Gasteiger partial charge in [0.25, 0.3) is 14.6 Å². The first-order valence-corrected chi connectivity index (χ1v) is 8.46. The Kier molecular flexibility index (Phi) is 4.20. The first-order chi connectivity index (χ1) is 10.0. The molecule has 6 nitrogen and oxygen atoms in total. The van der Waals surface area contributed by atoms with Crippen molar-refractivity contribution in [1.29, 1.82) is 0 Å². The van der Waals surface area contributed by atoms with Gasteiger partial charge in [-0.3, -0.25) is 4.79 Å². The zero-order chi connectivity index (χ0) is 16.8. The Bertz CT molecular complexity index is 995. The molecule has 0 aliphatic heterocycles. The van der Waals surface area contributed by atoms with Gasteiger partial charge in [0.2, 0.25) is 0 Å².